The number of aliphatic carboxylic acids is 1. The highest BCUT2D eigenvalue weighted by Crippen LogP contribution is 2.24. The molecule has 0 aliphatic rings. The third kappa shape index (κ3) is 4.19. The van der Waals surface area contributed by atoms with E-state index in [1.165, 1.54) is 6.07 Å². The van der Waals surface area contributed by atoms with Crippen LogP contribution in [0.4, 0.5) is 0 Å². The molecule has 2 N–H and O–H groups in total. The zero-order valence-electron chi connectivity index (χ0n) is 11.4. The number of benzene rings is 1. The SMILES string of the molecule is CCCC[C@H](NS(=O)(=O)c1cccc(C)c1Cl)C(=O)O. The van der Waals surface area contributed by atoms with Gasteiger partial charge in [0.15, 0.2) is 0 Å². The summed E-state index contributed by atoms with van der Waals surface area (Å²) in [6, 6.07) is 3.47. The second-order valence-corrected chi connectivity index (χ2v) is 6.60. The van der Waals surface area contributed by atoms with Crippen molar-refractivity contribution in [2.24, 2.45) is 0 Å². The highest BCUT2D eigenvalue weighted by molar-refractivity contribution is 7.89. The number of rotatable bonds is 7. The van der Waals surface area contributed by atoms with Gasteiger partial charge in [-0.3, -0.25) is 4.79 Å². The molecule has 20 heavy (non-hydrogen) atoms. The van der Waals surface area contributed by atoms with Crippen molar-refractivity contribution in [1.82, 2.24) is 4.72 Å². The summed E-state index contributed by atoms with van der Waals surface area (Å²) in [4.78, 5) is 11.0. The van der Waals surface area contributed by atoms with Gasteiger partial charge in [0, 0.05) is 0 Å². The van der Waals surface area contributed by atoms with Crippen LogP contribution in [0.1, 0.15) is 31.7 Å². The van der Waals surface area contributed by atoms with Crippen LogP contribution in [0.2, 0.25) is 5.02 Å². The Balaban J connectivity index is 3.04. The van der Waals surface area contributed by atoms with Gasteiger partial charge in [0.2, 0.25) is 10.0 Å². The molecule has 0 radical (unpaired) electrons. The van der Waals surface area contributed by atoms with Gasteiger partial charge in [0.1, 0.15) is 10.9 Å². The number of hydrogen-bond donors (Lipinski definition) is 2. The molecule has 0 aliphatic heterocycles. The molecule has 0 unspecified atom stereocenters. The molecule has 1 aromatic carbocycles. The van der Waals surface area contributed by atoms with Crippen molar-refractivity contribution in [1.29, 1.82) is 0 Å². The first-order valence-electron chi connectivity index (χ1n) is 6.30. The fraction of sp³-hybridized carbons (Fsp3) is 0.462. The zero-order chi connectivity index (χ0) is 15.3. The Morgan fingerprint density at radius 3 is 2.65 bits per heavy atom. The van der Waals surface area contributed by atoms with Crippen molar-refractivity contribution >= 4 is 27.6 Å². The maximum absolute atomic E-state index is 12.2. The number of halogens is 1. The van der Waals surface area contributed by atoms with Gasteiger partial charge in [-0.25, -0.2) is 8.42 Å². The van der Waals surface area contributed by atoms with E-state index in [2.05, 4.69) is 4.72 Å². The molecule has 0 spiro atoms. The standard InChI is InChI=1S/C13H18ClNO4S/c1-3-4-7-10(13(16)17)15-20(18,19)11-8-5-6-9(2)12(11)14/h5-6,8,10,15H,3-4,7H2,1-2H3,(H,16,17)/t10-/m0/s1. The number of nitrogens with one attached hydrogen (secondary N) is 1. The maximum Gasteiger partial charge on any atom is 0.321 e. The van der Waals surface area contributed by atoms with Crippen LogP contribution in [-0.4, -0.2) is 25.5 Å². The predicted octanol–water partition coefficient (Wildman–Crippen LogP) is 2.57. The van der Waals surface area contributed by atoms with Gasteiger partial charge < -0.3 is 5.11 Å². The van der Waals surface area contributed by atoms with Crippen molar-refractivity contribution < 1.29 is 18.3 Å². The number of carboxylic acid groups (broad SMARTS) is 1. The van der Waals surface area contributed by atoms with Gasteiger partial charge in [-0.1, -0.05) is 43.5 Å². The van der Waals surface area contributed by atoms with E-state index in [1.54, 1.807) is 19.1 Å². The molecule has 1 rings (SSSR count). The molecule has 0 aliphatic carbocycles. The first-order valence-corrected chi connectivity index (χ1v) is 8.16. The Morgan fingerprint density at radius 1 is 1.45 bits per heavy atom. The van der Waals surface area contributed by atoms with Crippen molar-refractivity contribution in [2.45, 2.75) is 44.0 Å². The second-order valence-electron chi connectivity index (χ2n) is 4.54. The molecule has 0 fully saturated rings. The Kier molecular flexibility index (Phi) is 5.98. The Labute approximate surface area is 124 Å². The van der Waals surface area contributed by atoms with E-state index in [4.69, 9.17) is 16.7 Å². The third-order valence-electron chi connectivity index (χ3n) is 2.89. The van der Waals surface area contributed by atoms with Gasteiger partial charge in [-0.05, 0) is 25.0 Å². The average molecular weight is 320 g/mol. The molecular weight excluding hydrogens is 302 g/mol. The van der Waals surface area contributed by atoms with Crippen LogP contribution in [0.3, 0.4) is 0 Å². The summed E-state index contributed by atoms with van der Waals surface area (Å²) in [7, 11) is -3.95. The lowest BCUT2D eigenvalue weighted by Gasteiger charge is -2.15. The summed E-state index contributed by atoms with van der Waals surface area (Å²) in [5.41, 5.74) is 0.620. The summed E-state index contributed by atoms with van der Waals surface area (Å²) in [5.74, 6) is -1.19. The second kappa shape index (κ2) is 7.06. The monoisotopic (exact) mass is 319 g/mol. The van der Waals surface area contributed by atoms with Crippen molar-refractivity contribution in [3.05, 3.63) is 28.8 Å². The average Bonchev–Trinajstić information content (AvgIpc) is 2.37. The van der Waals surface area contributed by atoms with Crippen LogP contribution >= 0.6 is 11.6 Å². The topological polar surface area (TPSA) is 83.5 Å². The summed E-state index contributed by atoms with van der Waals surface area (Å²) >= 11 is 5.98. The van der Waals surface area contributed by atoms with Crippen LogP contribution in [0, 0.1) is 6.92 Å². The summed E-state index contributed by atoms with van der Waals surface area (Å²) < 4.78 is 26.6. The molecule has 1 atom stereocenters. The predicted molar refractivity (Wildman–Crippen MR) is 77.5 cm³/mol. The van der Waals surface area contributed by atoms with Crippen LogP contribution in [0.15, 0.2) is 23.1 Å². The number of unbranched alkanes of at least 4 members (excludes halogenated alkanes) is 1. The minimum atomic E-state index is -3.95. The van der Waals surface area contributed by atoms with E-state index in [0.29, 0.717) is 12.0 Å². The lowest BCUT2D eigenvalue weighted by molar-refractivity contribution is -0.139. The van der Waals surface area contributed by atoms with E-state index in [1.807, 2.05) is 6.92 Å². The largest absolute Gasteiger partial charge is 0.480 e. The smallest absolute Gasteiger partial charge is 0.321 e. The van der Waals surface area contributed by atoms with Gasteiger partial charge in [-0.15, -0.1) is 0 Å². The van der Waals surface area contributed by atoms with E-state index in [0.717, 1.165) is 6.42 Å². The number of carboxylic acids is 1. The summed E-state index contributed by atoms with van der Waals surface area (Å²) in [5, 5.41) is 9.18. The molecule has 0 amide bonds. The minimum Gasteiger partial charge on any atom is -0.480 e. The molecule has 7 heteroatoms. The fourth-order valence-corrected chi connectivity index (χ4v) is 3.53. The van der Waals surface area contributed by atoms with Crippen LogP contribution in [0.5, 0.6) is 0 Å². The molecule has 5 nitrogen and oxygen atoms in total. The Hall–Kier alpha value is -1.11. The number of carbonyl (C=O) groups is 1. The number of hydrogen-bond acceptors (Lipinski definition) is 3. The van der Waals surface area contributed by atoms with Crippen molar-refractivity contribution in [2.75, 3.05) is 0 Å². The maximum atomic E-state index is 12.2. The van der Waals surface area contributed by atoms with E-state index < -0.39 is 22.0 Å². The molecule has 1 aromatic rings. The fourth-order valence-electron chi connectivity index (χ4n) is 1.72. The molecule has 0 heterocycles. The van der Waals surface area contributed by atoms with Gasteiger partial charge >= 0.3 is 5.97 Å². The lowest BCUT2D eigenvalue weighted by atomic mass is 10.1. The van der Waals surface area contributed by atoms with Crippen molar-refractivity contribution in [3.63, 3.8) is 0 Å². The summed E-state index contributed by atoms with van der Waals surface area (Å²) in [6.45, 7) is 3.60. The van der Waals surface area contributed by atoms with E-state index in [9.17, 15) is 13.2 Å². The number of aryl methyl sites for hydroxylation is 1. The lowest BCUT2D eigenvalue weighted by Crippen LogP contribution is -2.40. The van der Waals surface area contributed by atoms with Crippen LogP contribution in [-0.2, 0) is 14.8 Å². The third-order valence-corrected chi connectivity index (χ3v) is 5.02. The molecule has 0 bridgehead atoms. The first-order chi connectivity index (χ1) is 9.29. The van der Waals surface area contributed by atoms with E-state index >= 15 is 0 Å². The molecule has 0 aromatic heterocycles. The Bertz CT molecular complexity index is 586. The minimum absolute atomic E-state index is 0.0954. The molecule has 0 saturated heterocycles. The Morgan fingerprint density at radius 2 is 2.10 bits per heavy atom. The molecular formula is C13H18ClNO4S. The normalized spacial score (nSPS) is 13.2. The van der Waals surface area contributed by atoms with Gasteiger partial charge in [-0.2, -0.15) is 4.72 Å². The first kappa shape index (κ1) is 16.9. The molecule has 0 saturated carbocycles. The van der Waals surface area contributed by atoms with Crippen LogP contribution in [0.25, 0.3) is 0 Å². The van der Waals surface area contributed by atoms with Crippen molar-refractivity contribution in [3.8, 4) is 0 Å². The quantitative estimate of drug-likeness (QED) is 0.809. The zero-order valence-corrected chi connectivity index (χ0v) is 13.0. The van der Waals surface area contributed by atoms with E-state index in [-0.39, 0.29) is 16.3 Å². The number of sulfonamides is 1. The summed E-state index contributed by atoms with van der Waals surface area (Å²) in [6.07, 6.45) is 1.66. The highest BCUT2D eigenvalue weighted by atomic mass is 35.5. The van der Waals surface area contributed by atoms with Gasteiger partial charge in [0.05, 0.1) is 5.02 Å². The highest BCUT2D eigenvalue weighted by Gasteiger charge is 2.26. The van der Waals surface area contributed by atoms with Gasteiger partial charge in [0.25, 0.3) is 0 Å². The van der Waals surface area contributed by atoms with Crippen LogP contribution < -0.4 is 4.72 Å². The molecule has 112 valence electrons.